The number of hydrogen-bond acceptors (Lipinski definition) is 6. The minimum Gasteiger partial charge on any atom is -0.462 e. The zero-order valence-corrected chi connectivity index (χ0v) is 54.3. The zero-order chi connectivity index (χ0) is 58.5. The summed E-state index contributed by atoms with van der Waals surface area (Å²) in [5, 5.41) is 0. The Balaban J connectivity index is 4.30. The number of carbonyl (C=O) groups is 3. The molecule has 0 bridgehead atoms. The number of hydrogen-bond donors (Lipinski definition) is 0. The quantitative estimate of drug-likeness (QED) is 0.0261. The summed E-state index contributed by atoms with van der Waals surface area (Å²) >= 11 is 0. The van der Waals surface area contributed by atoms with Crippen LogP contribution < -0.4 is 0 Å². The Kier molecular flexibility index (Phi) is 67.1. The summed E-state index contributed by atoms with van der Waals surface area (Å²) in [6.07, 6.45) is 89.6. The molecule has 0 aliphatic heterocycles. The summed E-state index contributed by atoms with van der Waals surface area (Å²) in [7, 11) is 0. The highest BCUT2D eigenvalue weighted by Crippen LogP contribution is 2.18. The third-order valence-electron chi connectivity index (χ3n) is 16.0. The largest absolute Gasteiger partial charge is 0.462 e. The maximum atomic E-state index is 13.0. The molecule has 1 unspecified atom stereocenters. The van der Waals surface area contributed by atoms with Gasteiger partial charge in [-0.2, -0.15) is 0 Å². The van der Waals surface area contributed by atoms with Crippen LogP contribution in [-0.4, -0.2) is 37.2 Å². The second-order valence-electron chi connectivity index (χ2n) is 24.1. The predicted molar refractivity (Wildman–Crippen MR) is 353 cm³/mol. The highest BCUT2D eigenvalue weighted by Gasteiger charge is 2.19. The first-order valence-electron chi connectivity index (χ1n) is 35.8. The van der Waals surface area contributed by atoms with Crippen LogP contribution in [0.1, 0.15) is 380 Å². The van der Waals surface area contributed by atoms with Crippen LogP contribution in [0.3, 0.4) is 0 Å². The van der Waals surface area contributed by atoms with Gasteiger partial charge in [0.2, 0.25) is 0 Å². The molecule has 0 aromatic carbocycles. The molecule has 0 saturated heterocycles. The van der Waals surface area contributed by atoms with Crippen molar-refractivity contribution in [3.8, 4) is 0 Å². The van der Waals surface area contributed by atoms with Gasteiger partial charge in [0, 0.05) is 19.3 Å². The average Bonchev–Trinajstić information content (AvgIpc) is 3.47. The molecule has 0 aliphatic carbocycles. The predicted octanol–water partition coefficient (Wildman–Crippen LogP) is 24.7. The van der Waals surface area contributed by atoms with E-state index in [-0.39, 0.29) is 31.1 Å². The molecule has 0 saturated carbocycles. The van der Waals surface area contributed by atoms with Crippen molar-refractivity contribution in [3.63, 3.8) is 0 Å². The third-order valence-corrected chi connectivity index (χ3v) is 16.0. The van der Waals surface area contributed by atoms with Gasteiger partial charge < -0.3 is 14.2 Å². The van der Waals surface area contributed by atoms with Crippen LogP contribution in [0, 0.1) is 0 Å². The smallest absolute Gasteiger partial charge is 0.306 e. The minimum absolute atomic E-state index is 0.0774. The molecule has 0 aromatic rings. The molecule has 0 amide bonds. The van der Waals surface area contributed by atoms with Crippen molar-refractivity contribution in [3.05, 3.63) is 60.8 Å². The van der Waals surface area contributed by atoms with Gasteiger partial charge in [0.1, 0.15) is 13.2 Å². The normalized spacial score (nSPS) is 12.4. The number of carbonyl (C=O) groups excluding carboxylic acids is 3. The lowest BCUT2D eigenvalue weighted by molar-refractivity contribution is -0.167. The van der Waals surface area contributed by atoms with Crippen molar-refractivity contribution in [1.29, 1.82) is 0 Å². The standard InChI is InChI=1S/C75H136O6/c1-4-7-10-13-16-19-22-25-28-30-32-34-36-37-39-40-42-44-47-50-53-56-59-62-65-68-74(77)80-71-72(70-79-73(76)67-64-61-58-55-52-49-46-27-24-21-18-15-12-9-6-3)81-75(78)69-66-63-60-57-54-51-48-45-43-41-38-35-33-31-29-26-23-20-17-14-11-8-5-2/h18,21-22,25,27,30,32,36-37,46,72H,4-17,19-20,23-24,26,28-29,31,33-35,38-45,47-71H2,1-3H3/b21-18-,25-22-,32-30-,37-36-,46-27-. The molecular formula is C75H136O6. The number of unbranched alkanes of at least 4 members (excludes halogenated alkanes) is 45. The van der Waals surface area contributed by atoms with Gasteiger partial charge in [-0.25, -0.2) is 0 Å². The molecule has 0 aliphatic rings. The lowest BCUT2D eigenvalue weighted by Crippen LogP contribution is -2.30. The van der Waals surface area contributed by atoms with Crippen LogP contribution in [0.2, 0.25) is 0 Å². The molecule has 0 radical (unpaired) electrons. The first-order chi connectivity index (χ1) is 40.0. The zero-order valence-electron chi connectivity index (χ0n) is 54.3. The molecule has 0 aromatic heterocycles. The van der Waals surface area contributed by atoms with Crippen molar-refractivity contribution >= 4 is 17.9 Å². The van der Waals surface area contributed by atoms with E-state index < -0.39 is 6.10 Å². The van der Waals surface area contributed by atoms with Gasteiger partial charge in [-0.15, -0.1) is 0 Å². The summed E-state index contributed by atoms with van der Waals surface area (Å²) in [6, 6.07) is 0. The summed E-state index contributed by atoms with van der Waals surface area (Å²) in [4.78, 5) is 38.5. The topological polar surface area (TPSA) is 78.9 Å². The van der Waals surface area contributed by atoms with E-state index in [1.165, 1.54) is 250 Å². The Bertz CT molecular complexity index is 1440. The molecule has 0 spiro atoms. The van der Waals surface area contributed by atoms with Crippen molar-refractivity contribution < 1.29 is 28.6 Å². The highest BCUT2D eigenvalue weighted by atomic mass is 16.6. The van der Waals surface area contributed by atoms with E-state index in [1.54, 1.807) is 0 Å². The Morgan fingerprint density at radius 3 is 0.716 bits per heavy atom. The maximum Gasteiger partial charge on any atom is 0.306 e. The SMILES string of the molecule is CCCCC/C=C\C/C=C\CCCCCCCC(=O)OCC(COC(=O)CCCCCCCCCCCC/C=C\C/C=C\C/C=C\CCCCCCC)OC(=O)CCCCCCCCCCCCCCCCCCCCCCCCC. The van der Waals surface area contributed by atoms with Crippen molar-refractivity contribution in [2.24, 2.45) is 0 Å². The van der Waals surface area contributed by atoms with Gasteiger partial charge in [0.05, 0.1) is 0 Å². The van der Waals surface area contributed by atoms with Crippen LogP contribution in [0.5, 0.6) is 0 Å². The molecule has 6 nitrogen and oxygen atoms in total. The van der Waals surface area contributed by atoms with E-state index in [2.05, 4.69) is 81.5 Å². The van der Waals surface area contributed by atoms with Gasteiger partial charge in [0.15, 0.2) is 6.10 Å². The fraction of sp³-hybridized carbons (Fsp3) is 0.827. The summed E-state index contributed by atoms with van der Waals surface area (Å²) in [5.41, 5.74) is 0. The van der Waals surface area contributed by atoms with Crippen LogP contribution in [0.15, 0.2) is 60.8 Å². The average molecular weight is 1130 g/mol. The van der Waals surface area contributed by atoms with E-state index in [4.69, 9.17) is 14.2 Å². The Morgan fingerprint density at radius 2 is 0.444 bits per heavy atom. The number of rotatable bonds is 66. The van der Waals surface area contributed by atoms with Gasteiger partial charge in [-0.05, 0) is 89.9 Å². The van der Waals surface area contributed by atoms with E-state index in [0.29, 0.717) is 19.3 Å². The van der Waals surface area contributed by atoms with Crippen LogP contribution in [0.25, 0.3) is 0 Å². The minimum atomic E-state index is -0.782. The number of esters is 3. The molecule has 0 fully saturated rings. The first kappa shape index (κ1) is 78.1. The van der Waals surface area contributed by atoms with Gasteiger partial charge >= 0.3 is 17.9 Å². The summed E-state index contributed by atoms with van der Waals surface area (Å²) in [6.45, 7) is 6.65. The number of allylic oxidation sites excluding steroid dienone is 10. The molecular weight excluding hydrogens is 997 g/mol. The molecule has 1 atom stereocenters. The van der Waals surface area contributed by atoms with Crippen molar-refractivity contribution in [1.82, 2.24) is 0 Å². The Morgan fingerprint density at radius 1 is 0.247 bits per heavy atom. The Labute approximate surface area is 504 Å². The van der Waals surface area contributed by atoms with Crippen molar-refractivity contribution in [2.75, 3.05) is 13.2 Å². The monoisotopic (exact) mass is 1130 g/mol. The first-order valence-corrected chi connectivity index (χ1v) is 35.8. The van der Waals surface area contributed by atoms with Gasteiger partial charge in [-0.1, -0.05) is 332 Å². The molecule has 472 valence electrons. The molecule has 0 rings (SSSR count). The molecule has 6 heteroatoms. The maximum absolute atomic E-state index is 13.0. The van der Waals surface area contributed by atoms with E-state index in [0.717, 1.165) is 89.9 Å². The summed E-state index contributed by atoms with van der Waals surface area (Å²) in [5.74, 6) is -0.870. The second-order valence-corrected chi connectivity index (χ2v) is 24.1. The lowest BCUT2D eigenvalue weighted by atomic mass is 10.0. The highest BCUT2D eigenvalue weighted by molar-refractivity contribution is 5.71. The van der Waals surface area contributed by atoms with Crippen LogP contribution >= 0.6 is 0 Å². The van der Waals surface area contributed by atoms with Crippen LogP contribution in [-0.2, 0) is 28.6 Å². The van der Waals surface area contributed by atoms with E-state index in [1.807, 2.05) is 0 Å². The van der Waals surface area contributed by atoms with Crippen LogP contribution in [0.4, 0.5) is 0 Å². The lowest BCUT2D eigenvalue weighted by Gasteiger charge is -2.18. The number of ether oxygens (including phenoxy) is 3. The summed E-state index contributed by atoms with van der Waals surface area (Å²) < 4.78 is 17.0. The molecule has 0 N–H and O–H groups in total. The van der Waals surface area contributed by atoms with E-state index >= 15 is 0 Å². The van der Waals surface area contributed by atoms with Gasteiger partial charge in [-0.3, -0.25) is 14.4 Å². The third kappa shape index (κ3) is 67.8. The fourth-order valence-corrected chi connectivity index (χ4v) is 10.6. The van der Waals surface area contributed by atoms with E-state index in [9.17, 15) is 14.4 Å². The molecule has 0 heterocycles. The van der Waals surface area contributed by atoms with Gasteiger partial charge in [0.25, 0.3) is 0 Å². The fourth-order valence-electron chi connectivity index (χ4n) is 10.6. The molecule has 81 heavy (non-hydrogen) atoms. The second kappa shape index (κ2) is 69.6. The Hall–Kier alpha value is -2.89. The van der Waals surface area contributed by atoms with Crippen molar-refractivity contribution in [2.45, 2.75) is 386 Å².